The summed E-state index contributed by atoms with van der Waals surface area (Å²) < 4.78 is 0. The quantitative estimate of drug-likeness (QED) is 0.133. The van der Waals surface area contributed by atoms with Crippen LogP contribution in [-0.4, -0.2) is 107 Å². The van der Waals surface area contributed by atoms with Crippen molar-refractivity contribution in [3.05, 3.63) is 69.8 Å². The first-order valence-electron chi connectivity index (χ1n) is 19.0. The van der Waals surface area contributed by atoms with Crippen molar-refractivity contribution in [2.75, 3.05) is 63.9 Å². The molecule has 0 saturated carbocycles. The first kappa shape index (κ1) is 40.7. The van der Waals surface area contributed by atoms with Crippen molar-refractivity contribution in [3.63, 3.8) is 0 Å². The highest BCUT2D eigenvalue weighted by atomic mass is 33.1. The zero-order chi connectivity index (χ0) is 36.3. The minimum absolute atomic E-state index is 0.106. The number of aryl methyl sites for hydroxylation is 2. The van der Waals surface area contributed by atoms with E-state index in [2.05, 4.69) is 49.6 Å². The van der Waals surface area contributed by atoms with E-state index in [-0.39, 0.29) is 11.8 Å². The number of benzene rings is 2. The van der Waals surface area contributed by atoms with Gasteiger partial charge in [0.25, 0.3) is 11.8 Å². The van der Waals surface area contributed by atoms with Crippen LogP contribution in [0, 0.1) is 27.7 Å². The van der Waals surface area contributed by atoms with E-state index >= 15 is 0 Å². The summed E-state index contributed by atoms with van der Waals surface area (Å²) in [5.41, 5.74) is 19.3. The number of rotatable bonds is 17. The lowest BCUT2D eigenvalue weighted by Gasteiger charge is -2.49. The van der Waals surface area contributed by atoms with Crippen LogP contribution in [0.2, 0.25) is 0 Å². The normalized spacial score (nSPS) is 21.9. The van der Waals surface area contributed by atoms with Gasteiger partial charge in [-0.3, -0.25) is 19.4 Å². The van der Waals surface area contributed by atoms with Crippen LogP contribution in [0.5, 0.6) is 0 Å². The molecule has 10 heteroatoms. The molecule has 0 spiro atoms. The molecule has 4 rings (SSSR count). The van der Waals surface area contributed by atoms with Crippen LogP contribution >= 0.6 is 21.6 Å². The van der Waals surface area contributed by atoms with Crippen molar-refractivity contribution in [2.45, 2.75) is 104 Å². The van der Waals surface area contributed by atoms with Crippen LogP contribution in [0.4, 0.5) is 0 Å². The lowest BCUT2D eigenvalue weighted by Crippen LogP contribution is -2.68. The highest BCUT2D eigenvalue weighted by Gasteiger charge is 2.41. The largest absolute Gasteiger partial charge is 0.334 e. The Labute approximate surface area is 310 Å². The molecule has 0 aromatic heterocycles. The van der Waals surface area contributed by atoms with E-state index in [0.29, 0.717) is 26.2 Å². The van der Waals surface area contributed by atoms with E-state index in [1.807, 2.05) is 69.5 Å². The molecule has 50 heavy (non-hydrogen) atoms. The van der Waals surface area contributed by atoms with Crippen molar-refractivity contribution in [2.24, 2.45) is 11.5 Å². The standard InChI is InChI=1S/C40H64N6O2S2/c1-7-9-19-39(41)29-43(37(47)35-17-11-15-31(3)33(35)5)23-25-45(39)21-13-27-49-50-28-14-22-46-26-24-44(30-40(46,42)20-10-8-2)38(48)36-18-12-16-32(4)34(36)6/h11-12,15-18H,7-10,13-14,19-30,41-42H2,1-6H3. The highest BCUT2D eigenvalue weighted by molar-refractivity contribution is 8.76. The fourth-order valence-corrected chi connectivity index (χ4v) is 9.60. The van der Waals surface area contributed by atoms with E-state index in [1.165, 1.54) is 0 Å². The molecule has 2 aromatic carbocycles. The predicted octanol–water partition coefficient (Wildman–Crippen LogP) is 6.99. The molecule has 2 heterocycles. The van der Waals surface area contributed by atoms with E-state index in [0.717, 1.165) is 122 Å². The summed E-state index contributed by atoms with van der Waals surface area (Å²) in [4.78, 5) is 36.0. The number of nitrogens with two attached hydrogens (primary N) is 2. The van der Waals surface area contributed by atoms with Gasteiger partial charge in [-0.1, -0.05) is 85.4 Å². The summed E-state index contributed by atoms with van der Waals surface area (Å²) in [5.74, 6) is 2.36. The fourth-order valence-electron chi connectivity index (χ4n) is 7.46. The Hall–Kier alpha value is -2.08. The van der Waals surface area contributed by atoms with E-state index in [9.17, 15) is 9.59 Å². The van der Waals surface area contributed by atoms with Crippen molar-refractivity contribution in [3.8, 4) is 0 Å². The predicted molar refractivity (Wildman–Crippen MR) is 214 cm³/mol. The number of carbonyl (C=O) groups is 2. The minimum atomic E-state index is -0.487. The van der Waals surface area contributed by atoms with Crippen molar-refractivity contribution in [1.29, 1.82) is 0 Å². The summed E-state index contributed by atoms with van der Waals surface area (Å²) in [6.07, 6.45) is 8.25. The van der Waals surface area contributed by atoms with Crippen molar-refractivity contribution in [1.82, 2.24) is 19.6 Å². The molecule has 0 bridgehead atoms. The molecule has 2 amide bonds. The van der Waals surface area contributed by atoms with Crippen LogP contribution in [-0.2, 0) is 0 Å². The monoisotopic (exact) mass is 724 g/mol. The maximum atomic E-state index is 13.5. The molecule has 0 radical (unpaired) electrons. The van der Waals surface area contributed by atoms with Crippen LogP contribution in [0.3, 0.4) is 0 Å². The molecule has 2 aliphatic rings. The van der Waals surface area contributed by atoms with Crippen LogP contribution in [0.1, 0.15) is 108 Å². The minimum Gasteiger partial charge on any atom is -0.334 e. The van der Waals surface area contributed by atoms with Gasteiger partial charge in [0.15, 0.2) is 0 Å². The molecular weight excluding hydrogens is 661 g/mol. The van der Waals surface area contributed by atoms with Crippen molar-refractivity contribution < 1.29 is 9.59 Å². The van der Waals surface area contributed by atoms with Gasteiger partial charge in [-0.2, -0.15) is 0 Å². The number of hydrogen-bond acceptors (Lipinski definition) is 8. The molecule has 2 aliphatic heterocycles. The second-order valence-electron chi connectivity index (χ2n) is 14.7. The van der Waals surface area contributed by atoms with Gasteiger partial charge in [0.2, 0.25) is 0 Å². The number of carbonyl (C=O) groups excluding carboxylic acids is 2. The average Bonchev–Trinajstić information content (AvgIpc) is 3.10. The fraction of sp³-hybridized carbons (Fsp3) is 0.650. The van der Waals surface area contributed by atoms with Crippen molar-refractivity contribution >= 4 is 33.4 Å². The SMILES string of the molecule is CCCCC1(N)CN(C(=O)c2cccc(C)c2C)CCN1CCCSSCCCN1CCN(C(=O)c2cccc(C)c2C)CC1(N)CCCC. The Bertz CT molecular complexity index is 1320. The third kappa shape index (κ3) is 10.3. The van der Waals surface area contributed by atoms with Gasteiger partial charge in [0.1, 0.15) is 0 Å². The first-order chi connectivity index (χ1) is 23.9. The second kappa shape index (κ2) is 19.1. The molecule has 2 saturated heterocycles. The van der Waals surface area contributed by atoms with E-state index in [1.54, 1.807) is 0 Å². The number of unbranched alkanes of at least 4 members (excludes halogenated alkanes) is 2. The maximum Gasteiger partial charge on any atom is 0.254 e. The third-order valence-electron chi connectivity index (χ3n) is 11.0. The van der Waals surface area contributed by atoms with E-state index in [4.69, 9.17) is 11.5 Å². The lowest BCUT2D eigenvalue weighted by atomic mass is 9.96. The van der Waals surface area contributed by atoms with Gasteiger partial charge in [0, 0.05) is 61.9 Å². The van der Waals surface area contributed by atoms with Gasteiger partial charge in [-0.05, 0) is 87.8 Å². The summed E-state index contributed by atoms with van der Waals surface area (Å²) in [6.45, 7) is 18.8. The molecule has 0 aliphatic carbocycles. The molecule has 2 fully saturated rings. The Balaban J connectivity index is 1.21. The average molecular weight is 725 g/mol. The Morgan fingerprint density at radius 2 is 1.04 bits per heavy atom. The van der Waals surface area contributed by atoms with Gasteiger partial charge in [0.05, 0.1) is 24.4 Å². The zero-order valence-electron chi connectivity index (χ0n) is 31.8. The first-order valence-corrected chi connectivity index (χ1v) is 21.5. The molecule has 278 valence electrons. The van der Waals surface area contributed by atoms with Crippen LogP contribution in [0.15, 0.2) is 36.4 Å². The summed E-state index contributed by atoms with van der Waals surface area (Å²) in [7, 11) is 3.90. The molecule has 4 N–H and O–H groups in total. The summed E-state index contributed by atoms with van der Waals surface area (Å²) in [5, 5.41) is 0. The number of amides is 2. The van der Waals surface area contributed by atoms with Gasteiger partial charge >= 0.3 is 0 Å². The lowest BCUT2D eigenvalue weighted by molar-refractivity contribution is -0.00254. The number of nitrogens with zero attached hydrogens (tertiary/aromatic N) is 4. The van der Waals surface area contributed by atoms with E-state index < -0.39 is 11.3 Å². The summed E-state index contributed by atoms with van der Waals surface area (Å²) in [6, 6.07) is 12.0. The van der Waals surface area contributed by atoms with Crippen LogP contribution < -0.4 is 11.5 Å². The van der Waals surface area contributed by atoms with Gasteiger partial charge in [-0.25, -0.2) is 0 Å². The topological polar surface area (TPSA) is 99.1 Å². The molecule has 2 aromatic rings. The Morgan fingerprint density at radius 3 is 1.42 bits per heavy atom. The Kier molecular flexibility index (Phi) is 15.6. The molecular formula is C40H64N6O2S2. The smallest absolute Gasteiger partial charge is 0.254 e. The Morgan fingerprint density at radius 1 is 0.640 bits per heavy atom. The third-order valence-corrected chi connectivity index (χ3v) is 13.6. The number of piperazine rings is 2. The number of hydrogen-bond donors (Lipinski definition) is 2. The molecule has 2 unspecified atom stereocenters. The maximum absolute atomic E-state index is 13.5. The second-order valence-corrected chi connectivity index (χ2v) is 17.4. The highest BCUT2D eigenvalue weighted by Crippen LogP contribution is 2.29. The van der Waals surface area contributed by atoms with Crippen LogP contribution in [0.25, 0.3) is 0 Å². The van der Waals surface area contributed by atoms with Gasteiger partial charge in [-0.15, -0.1) is 0 Å². The zero-order valence-corrected chi connectivity index (χ0v) is 33.4. The van der Waals surface area contributed by atoms with Gasteiger partial charge < -0.3 is 21.3 Å². The summed E-state index contributed by atoms with van der Waals surface area (Å²) >= 11 is 0. The molecule has 8 nitrogen and oxygen atoms in total. The molecule has 2 atom stereocenters.